The smallest absolute Gasteiger partial charge is 0.105 e. The topological polar surface area (TPSA) is 6.48 Å². The first kappa shape index (κ1) is 20.9. The minimum atomic E-state index is 0.478. The predicted molar refractivity (Wildman–Crippen MR) is 114 cm³/mol. The van der Waals surface area contributed by atoms with Crippen molar-refractivity contribution in [1.29, 1.82) is 0 Å². The third-order valence-corrected chi connectivity index (χ3v) is 5.53. The van der Waals surface area contributed by atoms with Gasteiger partial charge in [0.1, 0.15) is 6.17 Å². The highest BCUT2D eigenvalue weighted by Crippen LogP contribution is 2.23. The molecule has 0 spiro atoms. The molecule has 1 heterocycles. The Morgan fingerprint density at radius 2 is 1.42 bits per heavy atom. The molecule has 1 aromatic carbocycles. The van der Waals surface area contributed by atoms with Gasteiger partial charge in [-0.05, 0) is 25.8 Å². The quantitative estimate of drug-likeness (QED) is 0.368. The van der Waals surface area contributed by atoms with E-state index in [1.807, 2.05) is 0 Å². The second-order valence-electron chi connectivity index (χ2n) is 8.08. The van der Waals surface area contributed by atoms with E-state index in [-0.39, 0.29) is 0 Å². The Morgan fingerprint density at radius 3 is 2.04 bits per heavy atom. The standard InChI is InChI=1S/C24H40N2/c1-4-5-6-7-8-9-10-11-15-18-25-19-20-26(22(2)3)24(25)21-23-16-13-12-14-17-23/h12-14,16-17,19-20,22,24H,4-11,15,18,21H2,1-3H3. The molecule has 2 nitrogen and oxygen atoms in total. The Labute approximate surface area is 162 Å². The number of hydrogen-bond acceptors (Lipinski definition) is 2. The average Bonchev–Trinajstić information content (AvgIpc) is 3.04. The molecule has 0 saturated heterocycles. The van der Waals surface area contributed by atoms with Crippen molar-refractivity contribution in [1.82, 2.24) is 9.80 Å². The Kier molecular flexibility index (Phi) is 9.66. The predicted octanol–water partition coefficient (Wildman–Crippen LogP) is 6.58. The highest BCUT2D eigenvalue weighted by atomic mass is 15.4. The maximum atomic E-state index is 2.56. The van der Waals surface area contributed by atoms with Gasteiger partial charge in [0.2, 0.25) is 0 Å². The van der Waals surface area contributed by atoms with E-state index < -0.39 is 0 Å². The van der Waals surface area contributed by atoms with Crippen LogP contribution in [0, 0.1) is 0 Å². The fraction of sp³-hybridized carbons (Fsp3) is 0.667. The molecule has 0 radical (unpaired) electrons. The van der Waals surface area contributed by atoms with Crippen LogP contribution >= 0.6 is 0 Å². The summed E-state index contributed by atoms with van der Waals surface area (Å²) in [6, 6.07) is 11.5. The van der Waals surface area contributed by atoms with Crippen LogP contribution in [0.5, 0.6) is 0 Å². The van der Waals surface area contributed by atoms with Gasteiger partial charge in [0.05, 0.1) is 0 Å². The van der Waals surface area contributed by atoms with Gasteiger partial charge in [-0.25, -0.2) is 0 Å². The monoisotopic (exact) mass is 356 g/mol. The van der Waals surface area contributed by atoms with Crippen LogP contribution in [0.25, 0.3) is 0 Å². The summed E-state index contributed by atoms with van der Waals surface area (Å²) in [5.41, 5.74) is 1.43. The van der Waals surface area contributed by atoms with E-state index >= 15 is 0 Å². The van der Waals surface area contributed by atoms with Crippen molar-refractivity contribution in [2.45, 2.75) is 97.2 Å². The van der Waals surface area contributed by atoms with Crippen molar-refractivity contribution in [3.05, 3.63) is 48.3 Å². The summed E-state index contributed by atoms with van der Waals surface area (Å²) in [7, 11) is 0. The summed E-state index contributed by atoms with van der Waals surface area (Å²) in [5.74, 6) is 0. The first-order chi connectivity index (χ1) is 12.7. The Balaban J connectivity index is 1.70. The molecule has 1 aromatic rings. The third-order valence-electron chi connectivity index (χ3n) is 5.53. The summed E-state index contributed by atoms with van der Waals surface area (Å²) < 4.78 is 0. The number of hydrogen-bond donors (Lipinski definition) is 0. The van der Waals surface area contributed by atoms with Crippen molar-refractivity contribution < 1.29 is 0 Å². The van der Waals surface area contributed by atoms with E-state index in [2.05, 4.69) is 73.3 Å². The molecule has 0 aromatic heterocycles. The number of nitrogens with zero attached hydrogens (tertiary/aromatic N) is 2. The van der Waals surface area contributed by atoms with Crippen molar-refractivity contribution in [2.24, 2.45) is 0 Å². The lowest BCUT2D eigenvalue weighted by Crippen LogP contribution is -2.43. The van der Waals surface area contributed by atoms with Crippen LogP contribution in [0.1, 0.15) is 84.1 Å². The van der Waals surface area contributed by atoms with Gasteiger partial charge in [0.25, 0.3) is 0 Å². The van der Waals surface area contributed by atoms with Crippen molar-refractivity contribution in [2.75, 3.05) is 6.54 Å². The molecule has 0 N–H and O–H groups in total. The van der Waals surface area contributed by atoms with Crippen LogP contribution in [-0.2, 0) is 6.42 Å². The van der Waals surface area contributed by atoms with E-state index in [1.54, 1.807) is 0 Å². The van der Waals surface area contributed by atoms with Crippen LogP contribution in [0.3, 0.4) is 0 Å². The van der Waals surface area contributed by atoms with E-state index in [0.29, 0.717) is 12.2 Å². The van der Waals surface area contributed by atoms with E-state index in [1.165, 1.54) is 69.9 Å². The third kappa shape index (κ3) is 7.05. The first-order valence-corrected chi connectivity index (χ1v) is 11.0. The first-order valence-electron chi connectivity index (χ1n) is 11.0. The Bertz CT molecular complexity index is 494. The second kappa shape index (κ2) is 12.0. The normalized spacial score (nSPS) is 16.8. The molecule has 0 amide bonds. The number of unbranched alkanes of at least 4 members (excludes halogenated alkanes) is 8. The summed E-state index contributed by atoms with van der Waals surface area (Å²) >= 11 is 0. The van der Waals surface area contributed by atoms with Gasteiger partial charge in [0.15, 0.2) is 0 Å². The second-order valence-corrected chi connectivity index (χ2v) is 8.08. The van der Waals surface area contributed by atoms with Crippen molar-refractivity contribution in [3.63, 3.8) is 0 Å². The molecular formula is C24H40N2. The fourth-order valence-electron chi connectivity index (χ4n) is 3.93. The summed E-state index contributed by atoms with van der Waals surface area (Å²) in [4.78, 5) is 5.08. The maximum absolute atomic E-state index is 2.56. The number of benzene rings is 1. The van der Waals surface area contributed by atoms with Gasteiger partial charge in [-0.2, -0.15) is 0 Å². The minimum absolute atomic E-state index is 0.478. The largest absolute Gasteiger partial charge is 0.356 e. The molecule has 1 aliphatic heterocycles. The molecular weight excluding hydrogens is 316 g/mol. The van der Waals surface area contributed by atoms with Gasteiger partial charge >= 0.3 is 0 Å². The molecule has 0 fully saturated rings. The molecule has 1 aliphatic rings. The SMILES string of the molecule is CCCCCCCCCCCN1C=CN(C(C)C)C1Cc1ccccc1. The average molecular weight is 357 g/mol. The number of rotatable bonds is 13. The summed E-state index contributed by atoms with van der Waals surface area (Å²) in [5, 5.41) is 0. The van der Waals surface area contributed by atoms with Gasteiger partial charge in [-0.1, -0.05) is 88.6 Å². The van der Waals surface area contributed by atoms with Crippen LogP contribution in [0.15, 0.2) is 42.7 Å². The van der Waals surface area contributed by atoms with Crippen LogP contribution < -0.4 is 0 Å². The lowest BCUT2D eigenvalue weighted by atomic mass is 10.1. The molecule has 0 bridgehead atoms. The molecule has 26 heavy (non-hydrogen) atoms. The molecule has 2 rings (SSSR count). The van der Waals surface area contributed by atoms with Gasteiger partial charge < -0.3 is 9.80 Å². The molecule has 146 valence electrons. The van der Waals surface area contributed by atoms with E-state index in [0.717, 1.165) is 6.42 Å². The fourth-order valence-corrected chi connectivity index (χ4v) is 3.93. The van der Waals surface area contributed by atoms with E-state index in [4.69, 9.17) is 0 Å². The highest BCUT2D eigenvalue weighted by Gasteiger charge is 2.27. The van der Waals surface area contributed by atoms with Gasteiger partial charge in [0, 0.05) is 31.4 Å². The molecule has 0 aliphatic carbocycles. The Morgan fingerprint density at radius 1 is 0.808 bits per heavy atom. The van der Waals surface area contributed by atoms with E-state index in [9.17, 15) is 0 Å². The van der Waals surface area contributed by atoms with Crippen LogP contribution in [0.4, 0.5) is 0 Å². The van der Waals surface area contributed by atoms with Crippen molar-refractivity contribution in [3.8, 4) is 0 Å². The zero-order valence-corrected chi connectivity index (χ0v) is 17.4. The molecule has 0 saturated carbocycles. The molecule has 1 unspecified atom stereocenters. The molecule has 1 atom stereocenters. The lowest BCUT2D eigenvalue weighted by molar-refractivity contribution is 0.125. The lowest BCUT2D eigenvalue weighted by Gasteiger charge is -2.35. The minimum Gasteiger partial charge on any atom is -0.356 e. The van der Waals surface area contributed by atoms with Crippen LogP contribution in [-0.4, -0.2) is 28.6 Å². The van der Waals surface area contributed by atoms with Gasteiger partial charge in [-0.15, -0.1) is 0 Å². The zero-order valence-electron chi connectivity index (χ0n) is 17.4. The van der Waals surface area contributed by atoms with Crippen LogP contribution in [0.2, 0.25) is 0 Å². The van der Waals surface area contributed by atoms with Crippen molar-refractivity contribution >= 4 is 0 Å². The Hall–Kier alpha value is -1.44. The van der Waals surface area contributed by atoms with Gasteiger partial charge in [-0.3, -0.25) is 0 Å². The molecule has 2 heteroatoms. The summed E-state index contributed by atoms with van der Waals surface area (Å²) in [6.45, 7) is 8.07. The summed E-state index contributed by atoms with van der Waals surface area (Å²) in [6.07, 6.45) is 18.8. The highest BCUT2D eigenvalue weighted by molar-refractivity contribution is 5.17. The zero-order chi connectivity index (χ0) is 18.6. The maximum Gasteiger partial charge on any atom is 0.105 e.